The summed E-state index contributed by atoms with van der Waals surface area (Å²) in [5.74, 6) is -0.295. The molecule has 2 aliphatic heterocycles. The van der Waals surface area contributed by atoms with Crippen molar-refractivity contribution in [1.82, 2.24) is 10.2 Å². The van der Waals surface area contributed by atoms with Crippen molar-refractivity contribution in [1.29, 1.82) is 0 Å². The zero-order chi connectivity index (χ0) is 21.3. The monoisotopic (exact) mass is 407 g/mol. The Morgan fingerprint density at radius 1 is 1.23 bits per heavy atom. The van der Waals surface area contributed by atoms with Gasteiger partial charge in [0, 0.05) is 11.8 Å². The molecule has 2 aliphatic rings. The molecule has 3 amide bonds. The van der Waals surface area contributed by atoms with Gasteiger partial charge in [0.25, 0.3) is 0 Å². The molecule has 0 saturated heterocycles. The second kappa shape index (κ2) is 7.90. The molecule has 8 nitrogen and oxygen atoms in total. The molecule has 2 aromatic rings. The fourth-order valence-electron chi connectivity index (χ4n) is 3.53. The largest absolute Gasteiger partial charge is 0.497 e. The molecule has 30 heavy (non-hydrogen) atoms. The number of anilines is 1. The topological polar surface area (TPSA) is 97.0 Å². The number of methoxy groups -OCH3 is 1. The summed E-state index contributed by atoms with van der Waals surface area (Å²) in [5, 5.41) is 5.56. The van der Waals surface area contributed by atoms with Crippen molar-refractivity contribution >= 4 is 23.6 Å². The highest BCUT2D eigenvalue weighted by molar-refractivity contribution is 6.00. The van der Waals surface area contributed by atoms with Crippen LogP contribution in [0.4, 0.5) is 10.5 Å². The average molecular weight is 407 g/mol. The molecule has 0 spiro atoms. The molecule has 2 heterocycles. The Morgan fingerprint density at radius 3 is 2.73 bits per heavy atom. The number of carbonyl (C=O) groups excluding carboxylic acids is 3. The van der Waals surface area contributed by atoms with Gasteiger partial charge in [0.05, 0.1) is 24.4 Å². The van der Waals surface area contributed by atoms with Gasteiger partial charge in [-0.25, -0.2) is 9.59 Å². The summed E-state index contributed by atoms with van der Waals surface area (Å²) in [4.78, 5) is 39.0. The Kier molecular flexibility index (Phi) is 5.14. The van der Waals surface area contributed by atoms with Crippen LogP contribution in [0.5, 0.6) is 5.75 Å². The molecule has 2 aromatic carbocycles. The lowest BCUT2D eigenvalue weighted by molar-refractivity contribution is -0.136. The van der Waals surface area contributed by atoms with Crippen LogP contribution in [-0.4, -0.2) is 43.1 Å². The third-order valence-corrected chi connectivity index (χ3v) is 5.06. The molecule has 0 bridgehead atoms. The van der Waals surface area contributed by atoms with Crippen molar-refractivity contribution in [3.63, 3.8) is 0 Å². The quantitative estimate of drug-likeness (QED) is 0.743. The molecule has 0 aliphatic carbocycles. The molecule has 2 N–H and O–H groups in total. The first-order chi connectivity index (χ1) is 14.5. The summed E-state index contributed by atoms with van der Waals surface area (Å²) >= 11 is 0. The number of rotatable bonds is 5. The van der Waals surface area contributed by atoms with Gasteiger partial charge in [-0.2, -0.15) is 0 Å². The predicted molar refractivity (Wildman–Crippen MR) is 109 cm³/mol. The van der Waals surface area contributed by atoms with E-state index in [-0.39, 0.29) is 13.2 Å². The van der Waals surface area contributed by atoms with Crippen molar-refractivity contribution in [3.05, 3.63) is 70.9 Å². The molecule has 4 rings (SSSR count). The Balaban J connectivity index is 1.57. The number of esters is 1. The zero-order valence-corrected chi connectivity index (χ0v) is 16.6. The van der Waals surface area contributed by atoms with E-state index in [4.69, 9.17) is 9.47 Å². The van der Waals surface area contributed by atoms with E-state index in [1.807, 2.05) is 31.2 Å². The van der Waals surface area contributed by atoms with Crippen molar-refractivity contribution in [2.45, 2.75) is 13.0 Å². The number of cyclic esters (lactones) is 1. The highest BCUT2D eigenvalue weighted by Gasteiger charge is 2.42. The number of ether oxygens (including phenoxy) is 2. The smallest absolute Gasteiger partial charge is 0.338 e. The normalized spacial score (nSPS) is 17.9. The van der Waals surface area contributed by atoms with Crippen LogP contribution in [0, 0.1) is 6.92 Å². The number of amides is 3. The number of aryl methyl sites for hydroxylation is 1. The number of nitrogens with zero attached hydrogens (tertiary/aromatic N) is 1. The zero-order valence-electron chi connectivity index (χ0n) is 16.6. The number of hydrogen-bond donors (Lipinski definition) is 2. The number of nitrogens with one attached hydrogen (secondary N) is 2. The minimum atomic E-state index is -0.610. The molecule has 0 unspecified atom stereocenters. The minimum absolute atomic E-state index is 0.0453. The van der Waals surface area contributed by atoms with Gasteiger partial charge >= 0.3 is 12.0 Å². The fraction of sp³-hybridized carbons (Fsp3) is 0.227. The Morgan fingerprint density at radius 2 is 2.00 bits per heavy atom. The van der Waals surface area contributed by atoms with Crippen LogP contribution in [-0.2, 0) is 14.3 Å². The van der Waals surface area contributed by atoms with Gasteiger partial charge < -0.3 is 20.1 Å². The number of hydrogen-bond acceptors (Lipinski definition) is 5. The van der Waals surface area contributed by atoms with Crippen LogP contribution in [0.1, 0.15) is 17.2 Å². The summed E-state index contributed by atoms with van der Waals surface area (Å²) in [6, 6.07) is 13.4. The maximum Gasteiger partial charge on any atom is 0.338 e. The van der Waals surface area contributed by atoms with Crippen molar-refractivity contribution in [2.75, 3.05) is 25.6 Å². The average Bonchev–Trinajstić information content (AvgIpc) is 3.12. The highest BCUT2D eigenvalue weighted by Crippen LogP contribution is 2.35. The molecule has 0 aromatic heterocycles. The number of benzene rings is 2. The lowest BCUT2D eigenvalue weighted by atomic mass is 9.95. The van der Waals surface area contributed by atoms with Gasteiger partial charge in [0.1, 0.15) is 18.9 Å². The maximum absolute atomic E-state index is 12.8. The minimum Gasteiger partial charge on any atom is -0.497 e. The van der Waals surface area contributed by atoms with Crippen LogP contribution in [0.2, 0.25) is 0 Å². The van der Waals surface area contributed by atoms with Crippen LogP contribution in [0.3, 0.4) is 0 Å². The molecular weight excluding hydrogens is 386 g/mol. The molecule has 154 valence electrons. The third-order valence-electron chi connectivity index (χ3n) is 5.06. The van der Waals surface area contributed by atoms with E-state index in [1.165, 1.54) is 12.0 Å². The van der Waals surface area contributed by atoms with E-state index >= 15 is 0 Å². The number of carbonyl (C=O) groups is 3. The van der Waals surface area contributed by atoms with Crippen LogP contribution >= 0.6 is 0 Å². The molecular formula is C22H21N3O5. The van der Waals surface area contributed by atoms with E-state index < -0.39 is 23.9 Å². The summed E-state index contributed by atoms with van der Waals surface area (Å²) in [6.07, 6.45) is 0. The lowest BCUT2D eigenvalue weighted by Gasteiger charge is -2.32. The van der Waals surface area contributed by atoms with Gasteiger partial charge in [-0.15, -0.1) is 0 Å². The van der Waals surface area contributed by atoms with E-state index in [0.717, 1.165) is 11.1 Å². The van der Waals surface area contributed by atoms with Gasteiger partial charge in [-0.3, -0.25) is 9.69 Å². The van der Waals surface area contributed by atoms with Gasteiger partial charge in [0.15, 0.2) is 0 Å². The predicted octanol–water partition coefficient (Wildman–Crippen LogP) is 2.52. The van der Waals surface area contributed by atoms with E-state index in [9.17, 15) is 14.4 Å². The van der Waals surface area contributed by atoms with Gasteiger partial charge in [-0.1, -0.05) is 35.9 Å². The van der Waals surface area contributed by atoms with Gasteiger partial charge in [0.2, 0.25) is 5.91 Å². The molecule has 0 fully saturated rings. The molecule has 1 atom stereocenters. The molecule has 0 saturated carbocycles. The second-order valence-electron chi connectivity index (χ2n) is 7.10. The fourth-order valence-corrected chi connectivity index (χ4v) is 3.53. The van der Waals surface area contributed by atoms with Crippen LogP contribution in [0.25, 0.3) is 0 Å². The van der Waals surface area contributed by atoms with E-state index in [1.54, 1.807) is 24.3 Å². The summed E-state index contributed by atoms with van der Waals surface area (Å²) in [5.41, 5.74) is 3.16. The Bertz CT molecular complexity index is 1040. The van der Waals surface area contributed by atoms with E-state index in [2.05, 4.69) is 10.6 Å². The lowest BCUT2D eigenvalue weighted by Crippen LogP contribution is -2.49. The Labute approximate surface area is 173 Å². The first-order valence-corrected chi connectivity index (χ1v) is 9.45. The standard InChI is InChI=1S/C22H21N3O5/c1-13-6-8-14(9-7-13)20-19-17(12-30-21(19)27)25(22(28)24-20)11-18(26)23-15-4-3-5-16(10-15)29-2/h3-10,20H,11-12H2,1-2H3,(H,23,26)(H,24,28)/t20-/m1/s1. The third kappa shape index (κ3) is 3.71. The van der Waals surface area contributed by atoms with Crippen LogP contribution < -0.4 is 15.4 Å². The first kappa shape index (κ1) is 19.5. The Hall–Kier alpha value is -3.81. The first-order valence-electron chi connectivity index (χ1n) is 9.45. The highest BCUT2D eigenvalue weighted by atomic mass is 16.5. The SMILES string of the molecule is COc1cccc(NC(=O)CN2C(=O)N[C@H](c3ccc(C)cc3)C3=C2COC3=O)c1. The summed E-state index contributed by atoms with van der Waals surface area (Å²) in [7, 11) is 1.54. The second-order valence-corrected chi connectivity index (χ2v) is 7.10. The van der Waals surface area contributed by atoms with E-state index in [0.29, 0.717) is 22.7 Å². The number of urea groups is 1. The van der Waals surface area contributed by atoms with Gasteiger partial charge in [-0.05, 0) is 24.6 Å². The molecule has 0 radical (unpaired) electrons. The maximum atomic E-state index is 12.8. The van der Waals surface area contributed by atoms with Crippen molar-refractivity contribution in [3.8, 4) is 5.75 Å². The molecule has 8 heteroatoms. The van der Waals surface area contributed by atoms with Crippen molar-refractivity contribution in [2.24, 2.45) is 0 Å². The summed E-state index contributed by atoms with van der Waals surface area (Å²) in [6.45, 7) is 1.66. The van der Waals surface area contributed by atoms with Crippen molar-refractivity contribution < 1.29 is 23.9 Å². The summed E-state index contributed by atoms with van der Waals surface area (Å²) < 4.78 is 10.3. The van der Waals surface area contributed by atoms with Crippen LogP contribution in [0.15, 0.2) is 59.8 Å².